The number of anilines is 1. The molecule has 0 radical (unpaired) electrons. The number of halogens is 2. The number of dihydropyridines is 1. The van der Waals surface area contributed by atoms with Gasteiger partial charge >= 0.3 is 12.1 Å². The number of methoxy groups -OCH3 is 3. The molecule has 0 aliphatic carbocycles. The van der Waals surface area contributed by atoms with Gasteiger partial charge in [-0.3, -0.25) is 19.6 Å². The number of nitrogens with zero attached hydrogens (tertiary/aromatic N) is 4. The molecule has 1 atom stereocenters. The Bertz CT molecular complexity index is 1220. The molecular formula is C27H33F2N5O6. The Morgan fingerprint density at radius 3 is 2.38 bits per heavy atom. The van der Waals surface area contributed by atoms with Crippen LogP contribution in [0.4, 0.5) is 24.1 Å². The monoisotopic (exact) mass is 561 g/mol. The molecule has 13 heteroatoms. The van der Waals surface area contributed by atoms with E-state index in [4.69, 9.17) is 14.2 Å². The number of fused-ring (bicyclic) bond motifs is 1. The predicted molar refractivity (Wildman–Crippen MR) is 143 cm³/mol. The first-order valence-corrected chi connectivity index (χ1v) is 12.9. The van der Waals surface area contributed by atoms with E-state index in [2.05, 4.69) is 16.9 Å². The van der Waals surface area contributed by atoms with Gasteiger partial charge in [-0.15, -0.1) is 0 Å². The molecule has 4 amide bonds. The summed E-state index contributed by atoms with van der Waals surface area (Å²) in [5.74, 6) is -3.25. The normalized spacial score (nSPS) is 19.4. The molecule has 0 bridgehead atoms. The Morgan fingerprint density at radius 2 is 1.80 bits per heavy atom. The molecule has 1 aromatic rings. The second-order valence-electron chi connectivity index (χ2n) is 9.68. The minimum atomic E-state index is -1.01. The lowest BCUT2D eigenvalue weighted by Gasteiger charge is -2.45. The third-order valence-electron chi connectivity index (χ3n) is 7.36. The molecule has 2 saturated heterocycles. The Balaban J connectivity index is 1.67. The average molecular weight is 562 g/mol. The van der Waals surface area contributed by atoms with Crippen molar-refractivity contribution in [2.45, 2.75) is 12.8 Å². The lowest BCUT2D eigenvalue weighted by Crippen LogP contribution is -2.56. The van der Waals surface area contributed by atoms with Crippen LogP contribution in [0.1, 0.15) is 12.8 Å². The van der Waals surface area contributed by atoms with Crippen LogP contribution in [0.3, 0.4) is 0 Å². The topological polar surface area (TPSA) is 113 Å². The number of benzene rings is 1. The summed E-state index contributed by atoms with van der Waals surface area (Å²) in [4.78, 5) is 46.3. The van der Waals surface area contributed by atoms with Gasteiger partial charge in [0.15, 0.2) is 23.1 Å². The number of urea groups is 1. The number of piperidine rings is 1. The van der Waals surface area contributed by atoms with Crippen LogP contribution in [0.5, 0.6) is 11.5 Å². The van der Waals surface area contributed by atoms with E-state index in [0.717, 1.165) is 17.0 Å². The molecule has 4 rings (SSSR count). The quantitative estimate of drug-likeness (QED) is 0.489. The molecule has 3 aliphatic rings. The fraction of sp³-hybridized carbons (Fsp3) is 0.481. The van der Waals surface area contributed by atoms with Gasteiger partial charge in [0.05, 0.1) is 33.6 Å². The average Bonchev–Trinajstić information content (AvgIpc) is 2.97. The van der Waals surface area contributed by atoms with E-state index in [1.807, 2.05) is 0 Å². The Labute approximate surface area is 231 Å². The van der Waals surface area contributed by atoms with E-state index >= 15 is 8.78 Å². The van der Waals surface area contributed by atoms with Gasteiger partial charge in [0.25, 0.3) is 0 Å². The summed E-state index contributed by atoms with van der Waals surface area (Å²) < 4.78 is 45.9. The first-order chi connectivity index (χ1) is 19.2. The van der Waals surface area contributed by atoms with Crippen LogP contribution < -0.4 is 19.7 Å². The molecule has 1 unspecified atom stereocenters. The van der Waals surface area contributed by atoms with Gasteiger partial charge in [0.2, 0.25) is 5.91 Å². The summed E-state index contributed by atoms with van der Waals surface area (Å²) in [6, 6.07) is 0.484. The van der Waals surface area contributed by atoms with Crippen molar-refractivity contribution in [1.82, 2.24) is 15.1 Å². The van der Waals surface area contributed by atoms with Gasteiger partial charge < -0.3 is 24.4 Å². The highest BCUT2D eigenvalue weighted by molar-refractivity contribution is 6.02. The van der Waals surface area contributed by atoms with Crippen molar-refractivity contribution >= 4 is 29.4 Å². The SMILES string of the molecule is C=CC(=O)NCC1=NCC2CN(c3c(F)c(OC)cc(OC)c3F)C(=O)N(CC3CCN(C(=O)OC)CC3)C2=C1. The van der Waals surface area contributed by atoms with Crippen molar-refractivity contribution in [1.29, 1.82) is 0 Å². The second kappa shape index (κ2) is 12.3. The Hall–Kier alpha value is -4.16. The molecule has 2 fully saturated rings. The fourth-order valence-electron chi connectivity index (χ4n) is 5.18. The summed E-state index contributed by atoms with van der Waals surface area (Å²) in [5, 5.41) is 2.68. The lowest BCUT2D eigenvalue weighted by atomic mass is 9.92. The second-order valence-corrected chi connectivity index (χ2v) is 9.68. The van der Waals surface area contributed by atoms with Crippen molar-refractivity contribution in [3.05, 3.63) is 42.1 Å². The van der Waals surface area contributed by atoms with Crippen molar-refractivity contribution < 1.29 is 37.4 Å². The number of hydrogen-bond donors (Lipinski definition) is 1. The summed E-state index contributed by atoms with van der Waals surface area (Å²) >= 11 is 0. The van der Waals surface area contributed by atoms with Gasteiger partial charge in [-0.1, -0.05) is 6.58 Å². The third kappa shape index (κ3) is 5.73. The van der Waals surface area contributed by atoms with Crippen molar-refractivity contribution in [2.24, 2.45) is 16.8 Å². The number of ether oxygens (including phenoxy) is 3. The lowest BCUT2D eigenvalue weighted by molar-refractivity contribution is -0.116. The van der Waals surface area contributed by atoms with Crippen LogP contribution >= 0.6 is 0 Å². The predicted octanol–water partition coefficient (Wildman–Crippen LogP) is 2.96. The molecule has 40 heavy (non-hydrogen) atoms. The molecule has 216 valence electrons. The van der Waals surface area contributed by atoms with Crippen LogP contribution in [0, 0.1) is 23.5 Å². The van der Waals surface area contributed by atoms with Gasteiger partial charge in [-0.25, -0.2) is 18.4 Å². The van der Waals surface area contributed by atoms with E-state index in [-0.39, 0.29) is 55.4 Å². The van der Waals surface area contributed by atoms with E-state index in [1.54, 1.807) is 11.0 Å². The van der Waals surface area contributed by atoms with E-state index in [0.29, 0.717) is 37.3 Å². The molecule has 1 N–H and O–H groups in total. The molecule has 0 saturated carbocycles. The molecule has 11 nitrogen and oxygen atoms in total. The highest BCUT2D eigenvalue weighted by Gasteiger charge is 2.42. The summed E-state index contributed by atoms with van der Waals surface area (Å²) in [5.41, 5.74) is 0.664. The standard InChI is InChI=1S/C27H33F2N5O6/c1-5-22(35)31-13-18-10-19-17(12-30-18)15-34(25-23(28)20(38-2)11-21(39-3)24(25)29)26(36)33(19)14-16-6-8-32(9-7-16)27(37)40-4/h5,10-11,16-17H,1,6-9,12-15H2,2-4H3,(H,31,35). The van der Waals surface area contributed by atoms with Crippen LogP contribution in [0.2, 0.25) is 0 Å². The fourth-order valence-corrected chi connectivity index (χ4v) is 5.18. The number of likely N-dealkylation sites (tertiary alicyclic amines) is 1. The summed E-state index contributed by atoms with van der Waals surface area (Å²) in [6.07, 6.45) is 3.72. The van der Waals surface area contributed by atoms with E-state index in [9.17, 15) is 14.4 Å². The minimum absolute atomic E-state index is 0.0173. The number of aliphatic imine (C=N–C) groups is 1. The minimum Gasteiger partial charge on any atom is -0.493 e. The van der Waals surface area contributed by atoms with Crippen molar-refractivity contribution in [2.75, 3.05) is 65.5 Å². The largest absolute Gasteiger partial charge is 0.493 e. The van der Waals surface area contributed by atoms with Crippen LogP contribution in [0.25, 0.3) is 0 Å². The number of carbonyl (C=O) groups excluding carboxylic acids is 3. The van der Waals surface area contributed by atoms with Crippen molar-refractivity contribution in [3.8, 4) is 11.5 Å². The zero-order valence-electron chi connectivity index (χ0n) is 22.7. The molecular weight excluding hydrogens is 528 g/mol. The highest BCUT2D eigenvalue weighted by Crippen LogP contribution is 2.41. The first-order valence-electron chi connectivity index (χ1n) is 12.9. The van der Waals surface area contributed by atoms with Crippen molar-refractivity contribution in [3.63, 3.8) is 0 Å². The Kier molecular flexibility index (Phi) is 8.90. The van der Waals surface area contributed by atoms with E-state index < -0.39 is 29.4 Å². The molecule has 0 aromatic heterocycles. The molecule has 3 heterocycles. The van der Waals surface area contributed by atoms with Gasteiger partial charge in [0, 0.05) is 50.4 Å². The number of carbonyl (C=O) groups is 3. The van der Waals surface area contributed by atoms with Crippen LogP contribution in [-0.4, -0.2) is 94.1 Å². The van der Waals surface area contributed by atoms with E-state index in [1.165, 1.54) is 26.2 Å². The first kappa shape index (κ1) is 28.8. The van der Waals surface area contributed by atoms with Gasteiger partial charge in [-0.05, 0) is 30.9 Å². The van der Waals surface area contributed by atoms with Crippen LogP contribution in [-0.2, 0) is 9.53 Å². The number of nitrogens with one attached hydrogen (secondary N) is 1. The number of amides is 4. The molecule has 0 spiro atoms. The Morgan fingerprint density at radius 1 is 1.15 bits per heavy atom. The molecule has 1 aromatic carbocycles. The smallest absolute Gasteiger partial charge is 0.409 e. The number of rotatable bonds is 8. The molecule has 3 aliphatic heterocycles. The zero-order chi connectivity index (χ0) is 29.0. The maximum absolute atomic E-state index is 15.5. The third-order valence-corrected chi connectivity index (χ3v) is 7.36. The maximum atomic E-state index is 15.5. The maximum Gasteiger partial charge on any atom is 0.409 e. The van der Waals surface area contributed by atoms with Crippen LogP contribution in [0.15, 0.2) is 35.5 Å². The van der Waals surface area contributed by atoms with Gasteiger partial charge in [-0.2, -0.15) is 0 Å². The number of hydrogen-bond acceptors (Lipinski definition) is 7. The zero-order valence-corrected chi connectivity index (χ0v) is 22.7. The van der Waals surface area contributed by atoms with Gasteiger partial charge in [0.1, 0.15) is 5.69 Å². The highest BCUT2D eigenvalue weighted by atomic mass is 19.1. The summed E-state index contributed by atoms with van der Waals surface area (Å²) in [6.45, 7) is 4.99. The summed E-state index contributed by atoms with van der Waals surface area (Å²) in [7, 11) is 3.81.